The number of carbonyl (C=O) groups is 2. The number of anilines is 1. The van der Waals surface area contributed by atoms with E-state index in [0.29, 0.717) is 11.4 Å². The summed E-state index contributed by atoms with van der Waals surface area (Å²) in [6.45, 7) is 2.97. The normalized spacial score (nSPS) is 12.8. The zero-order valence-corrected chi connectivity index (χ0v) is 23.8. The van der Waals surface area contributed by atoms with Crippen molar-refractivity contribution in [2.24, 2.45) is 0 Å². The van der Waals surface area contributed by atoms with E-state index in [0.717, 1.165) is 16.1 Å². The molecule has 2 atom stereocenters. The second-order valence-corrected chi connectivity index (χ2v) is 11.7. The van der Waals surface area contributed by atoms with Crippen molar-refractivity contribution in [2.75, 3.05) is 17.1 Å². The molecule has 0 aliphatic rings. The van der Waals surface area contributed by atoms with Crippen LogP contribution in [-0.4, -0.2) is 50.0 Å². The highest BCUT2D eigenvalue weighted by Crippen LogP contribution is 2.22. The van der Waals surface area contributed by atoms with Crippen molar-refractivity contribution in [1.29, 1.82) is 0 Å². The van der Waals surface area contributed by atoms with Crippen molar-refractivity contribution in [2.45, 2.75) is 45.3 Å². The van der Waals surface area contributed by atoms with E-state index in [1.165, 1.54) is 47.4 Å². The molecule has 0 aromatic heterocycles. The minimum Gasteiger partial charge on any atom is -0.352 e. The Morgan fingerprint density at radius 2 is 1.59 bits per heavy atom. The second-order valence-electron chi connectivity index (χ2n) is 9.38. The molecule has 2 amide bonds. The number of nitrogens with zero attached hydrogens (tertiary/aromatic N) is 2. The summed E-state index contributed by atoms with van der Waals surface area (Å²) in [4.78, 5) is 28.8. The average molecular weight is 574 g/mol. The van der Waals surface area contributed by atoms with Crippen molar-refractivity contribution >= 4 is 39.1 Å². The van der Waals surface area contributed by atoms with Gasteiger partial charge in [0.25, 0.3) is 0 Å². The Labute approximate surface area is 234 Å². The Morgan fingerprint density at radius 3 is 2.18 bits per heavy atom. The third-order valence-electron chi connectivity index (χ3n) is 6.36. The van der Waals surface area contributed by atoms with E-state index in [1.54, 1.807) is 6.07 Å². The Balaban J connectivity index is 2.06. The number of nitrogens with one attached hydrogen (secondary N) is 1. The zero-order valence-electron chi connectivity index (χ0n) is 22.2. The summed E-state index contributed by atoms with van der Waals surface area (Å²) in [5.41, 5.74) is 1.24. The number of hydrogen-bond donors (Lipinski definition) is 1. The van der Waals surface area contributed by atoms with Crippen LogP contribution >= 0.6 is 11.6 Å². The van der Waals surface area contributed by atoms with Gasteiger partial charge in [-0.05, 0) is 49.2 Å². The molecule has 0 fully saturated rings. The Kier molecular flexibility index (Phi) is 10.5. The maximum absolute atomic E-state index is 14.8. The average Bonchev–Trinajstić information content (AvgIpc) is 2.90. The topological polar surface area (TPSA) is 86.8 Å². The molecule has 0 saturated carbocycles. The smallest absolute Gasteiger partial charge is 0.244 e. The Hall–Kier alpha value is -3.43. The molecule has 3 aromatic rings. The number of amides is 2. The number of benzene rings is 3. The Bertz CT molecular complexity index is 1370. The van der Waals surface area contributed by atoms with Gasteiger partial charge in [0, 0.05) is 29.6 Å². The summed E-state index contributed by atoms with van der Waals surface area (Å²) in [5, 5.41) is 3.34. The standard InChI is InChI=1S/C29H33ClFN3O4S/c1-4-21(2)32-29(36)27(18-22-10-6-5-7-11-22)33(19-23-12-8-9-13-26(23)31)28(35)20-34(39(3,37)38)25-16-14-24(30)15-17-25/h5-17,21,27H,4,18-20H2,1-3H3,(H,32,36)/t21-,27+/m1/s1. The molecule has 208 valence electrons. The van der Waals surface area contributed by atoms with Gasteiger partial charge >= 0.3 is 0 Å². The third-order valence-corrected chi connectivity index (χ3v) is 7.76. The molecule has 1 N–H and O–H groups in total. The van der Waals surface area contributed by atoms with Crippen molar-refractivity contribution in [1.82, 2.24) is 10.2 Å². The highest BCUT2D eigenvalue weighted by molar-refractivity contribution is 7.92. The van der Waals surface area contributed by atoms with Gasteiger partial charge < -0.3 is 10.2 Å². The first-order valence-electron chi connectivity index (χ1n) is 12.6. The molecule has 0 unspecified atom stereocenters. The molecule has 10 heteroatoms. The van der Waals surface area contributed by atoms with Gasteiger partial charge in [-0.25, -0.2) is 12.8 Å². The minimum absolute atomic E-state index is 0.156. The number of carbonyl (C=O) groups excluding carboxylic acids is 2. The highest BCUT2D eigenvalue weighted by Gasteiger charge is 2.33. The summed E-state index contributed by atoms with van der Waals surface area (Å²) in [5.74, 6) is -1.59. The van der Waals surface area contributed by atoms with Crippen molar-refractivity contribution < 1.29 is 22.4 Å². The molecule has 0 aliphatic heterocycles. The first-order chi connectivity index (χ1) is 18.5. The molecule has 7 nitrogen and oxygen atoms in total. The van der Waals surface area contributed by atoms with Gasteiger partial charge in [-0.2, -0.15) is 0 Å². The van der Waals surface area contributed by atoms with E-state index < -0.39 is 40.2 Å². The summed E-state index contributed by atoms with van der Waals surface area (Å²) in [6.07, 6.45) is 1.82. The van der Waals surface area contributed by atoms with Gasteiger partial charge in [0.05, 0.1) is 11.9 Å². The fraction of sp³-hybridized carbons (Fsp3) is 0.310. The van der Waals surface area contributed by atoms with Crippen LogP contribution < -0.4 is 9.62 Å². The summed E-state index contributed by atoms with van der Waals surface area (Å²) >= 11 is 5.98. The minimum atomic E-state index is -3.90. The summed E-state index contributed by atoms with van der Waals surface area (Å²) < 4.78 is 41.2. The van der Waals surface area contributed by atoms with E-state index in [2.05, 4.69) is 5.32 Å². The molecular formula is C29H33ClFN3O4S. The molecule has 39 heavy (non-hydrogen) atoms. The van der Waals surface area contributed by atoms with E-state index in [4.69, 9.17) is 11.6 Å². The van der Waals surface area contributed by atoms with Crippen LogP contribution in [0.5, 0.6) is 0 Å². The maximum atomic E-state index is 14.8. The first-order valence-corrected chi connectivity index (χ1v) is 14.8. The number of halogens is 2. The lowest BCUT2D eigenvalue weighted by Crippen LogP contribution is -2.54. The predicted molar refractivity (Wildman–Crippen MR) is 152 cm³/mol. The SMILES string of the molecule is CC[C@@H](C)NC(=O)[C@H](Cc1ccccc1)N(Cc1ccccc1F)C(=O)CN(c1ccc(Cl)cc1)S(C)(=O)=O. The number of rotatable bonds is 12. The molecule has 3 rings (SSSR count). The molecule has 0 spiro atoms. The molecule has 0 saturated heterocycles. The predicted octanol–water partition coefficient (Wildman–Crippen LogP) is 4.80. The lowest BCUT2D eigenvalue weighted by Gasteiger charge is -2.34. The quantitative estimate of drug-likeness (QED) is 0.337. The Morgan fingerprint density at radius 1 is 0.974 bits per heavy atom. The van der Waals surface area contributed by atoms with Crippen LogP contribution in [0.1, 0.15) is 31.4 Å². The zero-order chi connectivity index (χ0) is 28.6. The van der Waals surface area contributed by atoms with Crippen LogP contribution in [0.15, 0.2) is 78.9 Å². The molecular weight excluding hydrogens is 541 g/mol. The van der Waals surface area contributed by atoms with Gasteiger partial charge in [-0.1, -0.05) is 67.1 Å². The van der Waals surface area contributed by atoms with E-state index in [1.807, 2.05) is 44.2 Å². The van der Waals surface area contributed by atoms with Gasteiger partial charge in [0.2, 0.25) is 21.8 Å². The fourth-order valence-corrected chi connectivity index (χ4v) is 5.00. The van der Waals surface area contributed by atoms with Crippen LogP contribution in [-0.2, 0) is 32.6 Å². The van der Waals surface area contributed by atoms with E-state index in [9.17, 15) is 22.4 Å². The third kappa shape index (κ3) is 8.53. The van der Waals surface area contributed by atoms with Crippen LogP contribution in [0.4, 0.5) is 10.1 Å². The van der Waals surface area contributed by atoms with E-state index >= 15 is 0 Å². The van der Waals surface area contributed by atoms with Crippen LogP contribution in [0, 0.1) is 5.82 Å². The van der Waals surface area contributed by atoms with Crippen LogP contribution in [0.3, 0.4) is 0 Å². The molecule has 0 aliphatic carbocycles. The van der Waals surface area contributed by atoms with E-state index in [-0.39, 0.29) is 30.3 Å². The van der Waals surface area contributed by atoms with Crippen molar-refractivity contribution in [3.8, 4) is 0 Å². The lowest BCUT2D eigenvalue weighted by atomic mass is 10.0. The molecule has 0 heterocycles. The summed E-state index contributed by atoms with van der Waals surface area (Å²) in [6, 6.07) is 20.0. The van der Waals surface area contributed by atoms with Gasteiger partial charge in [-0.3, -0.25) is 13.9 Å². The van der Waals surface area contributed by atoms with Gasteiger partial charge in [0.15, 0.2) is 0 Å². The molecule has 0 bridgehead atoms. The summed E-state index contributed by atoms with van der Waals surface area (Å²) in [7, 11) is -3.90. The first kappa shape index (κ1) is 30.1. The number of sulfonamides is 1. The largest absolute Gasteiger partial charge is 0.352 e. The van der Waals surface area contributed by atoms with Crippen molar-refractivity contribution in [3.63, 3.8) is 0 Å². The van der Waals surface area contributed by atoms with Gasteiger partial charge in [-0.15, -0.1) is 0 Å². The fourth-order valence-electron chi connectivity index (χ4n) is 4.03. The monoisotopic (exact) mass is 573 g/mol. The molecule has 3 aromatic carbocycles. The van der Waals surface area contributed by atoms with Gasteiger partial charge in [0.1, 0.15) is 18.4 Å². The molecule has 0 radical (unpaired) electrons. The second kappa shape index (κ2) is 13.6. The van der Waals surface area contributed by atoms with Crippen LogP contribution in [0.25, 0.3) is 0 Å². The highest BCUT2D eigenvalue weighted by atomic mass is 35.5. The van der Waals surface area contributed by atoms with Crippen molar-refractivity contribution in [3.05, 3.63) is 101 Å². The maximum Gasteiger partial charge on any atom is 0.244 e. The van der Waals surface area contributed by atoms with Crippen LogP contribution in [0.2, 0.25) is 5.02 Å². The number of hydrogen-bond acceptors (Lipinski definition) is 4. The lowest BCUT2D eigenvalue weighted by molar-refractivity contribution is -0.140.